The van der Waals surface area contributed by atoms with Crippen LogP contribution in [0.4, 0.5) is 0 Å². The predicted molar refractivity (Wildman–Crippen MR) is 24.9 cm³/mol. The van der Waals surface area contributed by atoms with Crippen LogP contribution >= 0.6 is 11.9 Å². The zero-order valence-electron chi connectivity index (χ0n) is 2.97. The van der Waals surface area contributed by atoms with Crippen LogP contribution in [0, 0.1) is 0 Å². The molecule has 0 aromatic rings. The lowest BCUT2D eigenvalue weighted by Gasteiger charge is -1.67. The van der Waals surface area contributed by atoms with Gasteiger partial charge in [-0.1, -0.05) is 0 Å². The van der Waals surface area contributed by atoms with Crippen LogP contribution in [0.25, 0.3) is 0 Å². The average Bonchev–Trinajstić information content (AvgIpc) is 1.86. The molecule has 0 aromatic carbocycles. The molecule has 0 aromatic heterocycles. The summed E-state index contributed by atoms with van der Waals surface area (Å²) < 4.78 is 3.48. The quantitative estimate of drug-likeness (QED) is 0.406. The molecule has 1 radical (unpaired) electrons. The Balaban J connectivity index is 2.59. The Morgan fingerprint density at radius 1 is 2.00 bits per heavy atom. The van der Waals surface area contributed by atoms with Crippen molar-refractivity contribution in [2.75, 3.05) is 5.75 Å². The van der Waals surface area contributed by atoms with E-state index in [2.05, 4.69) is 10.6 Å². The molecule has 3 heteroatoms. The standard InChI is InChI=1S/C3H2NOS/c5-3-1-4-6-2-3/h2H2. The second-order valence-electron chi connectivity index (χ2n) is 0.900. The largest absolute Gasteiger partial charge is 0.291 e. The van der Waals surface area contributed by atoms with Crippen molar-refractivity contribution in [3.8, 4) is 0 Å². The van der Waals surface area contributed by atoms with E-state index in [9.17, 15) is 4.79 Å². The van der Waals surface area contributed by atoms with Crippen LogP contribution < -0.4 is 0 Å². The summed E-state index contributed by atoms with van der Waals surface area (Å²) in [7, 11) is 0. The van der Waals surface area contributed by atoms with E-state index in [1.807, 2.05) is 0 Å². The van der Waals surface area contributed by atoms with E-state index < -0.39 is 0 Å². The van der Waals surface area contributed by atoms with E-state index in [4.69, 9.17) is 0 Å². The van der Waals surface area contributed by atoms with Crippen LogP contribution in [0.15, 0.2) is 4.40 Å². The first-order chi connectivity index (χ1) is 2.89. The van der Waals surface area contributed by atoms with Gasteiger partial charge < -0.3 is 0 Å². The van der Waals surface area contributed by atoms with Gasteiger partial charge in [0.25, 0.3) is 0 Å². The molecule has 0 unspecified atom stereocenters. The zero-order valence-corrected chi connectivity index (χ0v) is 3.79. The third kappa shape index (κ3) is 0.597. The van der Waals surface area contributed by atoms with Crippen molar-refractivity contribution in [1.82, 2.24) is 0 Å². The Bertz CT molecular complexity index is 99.0. The van der Waals surface area contributed by atoms with Crippen molar-refractivity contribution in [3.05, 3.63) is 0 Å². The second kappa shape index (κ2) is 1.43. The van der Waals surface area contributed by atoms with Gasteiger partial charge in [-0.15, -0.1) is 0 Å². The van der Waals surface area contributed by atoms with Crippen LogP contribution in [-0.4, -0.2) is 17.8 Å². The maximum absolute atomic E-state index is 10.0. The Morgan fingerprint density at radius 2 is 2.83 bits per heavy atom. The molecule has 0 atom stereocenters. The maximum atomic E-state index is 10.0. The van der Waals surface area contributed by atoms with Gasteiger partial charge in [-0.25, -0.2) is 4.40 Å². The van der Waals surface area contributed by atoms with Crippen molar-refractivity contribution in [3.63, 3.8) is 0 Å². The van der Waals surface area contributed by atoms with Gasteiger partial charge in [-0.2, -0.15) is 0 Å². The van der Waals surface area contributed by atoms with Crippen LogP contribution in [0.1, 0.15) is 0 Å². The molecule has 0 fully saturated rings. The van der Waals surface area contributed by atoms with E-state index in [1.54, 1.807) is 0 Å². The van der Waals surface area contributed by atoms with E-state index >= 15 is 0 Å². The minimum Gasteiger partial charge on any atom is -0.291 e. The van der Waals surface area contributed by atoms with E-state index in [-0.39, 0.29) is 5.78 Å². The predicted octanol–water partition coefficient (Wildman–Crippen LogP) is 0.165. The normalized spacial score (nSPS) is 19.7. The molecule has 0 spiro atoms. The molecule has 0 aliphatic carbocycles. The molecule has 0 N–H and O–H groups in total. The zero-order chi connectivity index (χ0) is 4.41. The van der Waals surface area contributed by atoms with Crippen molar-refractivity contribution >= 4 is 23.9 Å². The number of carbonyl (C=O) groups is 1. The van der Waals surface area contributed by atoms with Gasteiger partial charge in [0.2, 0.25) is 0 Å². The Labute approximate surface area is 39.8 Å². The van der Waals surface area contributed by atoms with Crippen molar-refractivity contribution in [2.45, 2.75) is 0 Å². The fourth-order valence-electron chi connectivity index (χ4n) is 0.206. The highest BCUT2D eigenvalue weighted by atomic mass is 32.2. The number of nitrogens with zero attached hydrogens (tertiary/aromatic N) is 1. The lowest BCUT2D eigenvalue weighted by atomic mass is 10.5. The van der Waals surface area contributed by atoms with Crippen LogP contribution in [0.2, 0.25) is 0 Å². The molecule has 2 nitrogen and oxygen atoms in total. The van der Waals surface area contributed by atoms with Gasteiger partial charge in [0.05, 0.1) is 5.75 Å². The Morgan fingerprint density at radius 3 is 3.00 bits per heavy atom. The van der Waals surface area contributed by atoms with Crippen molar-refractivity contribution < 1.29 is 4.79 Å². The summed E-state index contributed by atoms with van der Waals surface area (Å²) in [6.45, 7) is 0. The Kier molecular flexibility index (Phi) is 0.919. The van der Waals surface area contributed by atoms with E-state index in [0.29, 0.717) is 5.75 Å². The van der Waals surface area contributed by atoms with Gasteiger partial charge in [-0.3, -0.25) is 4.79 Å². The topological polar surface area (TPSA) is 29.4 Å². The van der Waals surface area contributed by atoms with Crippen LogP contribution in [0.5, 0.6) is 0 Å². The summed E-state index contributed by atoms with van der Waals surface area (Å²) in [4.78, 5) is 10.0. The average molecular weight is 100 g/mol. The number of ketones is 1. The molecule has 1 rings (SSSR count). The summed E-state index contributed by atoms with van der Waals surface area (Å²) in [5, 5.41) is 0. The summed E-state index contributed by atoms with van der Waals surface area (Å²) in [5.41, 5.74) is 0. The molecule has 0 saturated heterocycles. The number of carbonyl (C=O) groups excluding carboxylic acids is 1. The number of hydrogen-bond donors (Lipinski definition) is 0. The van der Waals surface area contributed by atoms with Crippen molar-refractivity contribution in [1.29, 1.82) is 0 Å². The fraction of sp³-hybridized carbons (Fsp3) is 0.333. The summed E-state index contributed by atoms with van der Waals surface area (Å²) in [5.74, 6) is 0.486. The number of hydrogen-bond acceptors (Lipinski definition) is 3. The first-order valence-corrected chi connectivity index (χ1v) is 2.45. The summed E-state index contributed by atoms with van der Waals surface area (Å²) in [6, 6.07) is 0. The molecule has 1 heterocycles. The molecular weight excluding hydrogens is 98.1 g/mol. The van der Waals surface area contributed by atoms with Gasteiger partial charge in [0, 0.05) is 0 Å². The third-order valence-electron chi connectivity index (χ3n) is 0.431. The molecule has 6 heavy (non-hydrogen) atoms. The van der Waals surface area contributed by atoms with Crippen molar-refractivity contribution in [2.24, 2.45) is 4.40 Å². The van der Waals surface area contributed by atoms with Gasteiger partial charge >= 0.3 is 0 Å². The highest BCUT2D eigenvalue weighted by molar-refractivity contribution is 7.99. The minimum absolute atomic E-state index is 0.000000000000000222. The second-order valence-corrected chi connectivity index (χ2v) is 1.63. The summed E-state index contributed by atoms with van der Waals surface area (Å²) >= 11 is 1.25. The highest BCUT2D eigenvalue weighted by Crippen LogP contribution is 2.05. The van der Waals surface area contributed by atoms with Gasteiger partial charge in [-0.05, 0) is 11.9 Å². The fourth-order valence-corrected chi connectivity index (χ4v) is 0.619. The summed E-state index contributed by atoms with van der Waals surface area (Å²) in [6.07, 6.45) is 2.27. The van der Waals surface area contributed by atoms with Crippen LogP contribution in [0.3, 0.4) is 0 Å². The molecule has 31 valence electrons. The molecule has 1 aliphatic rings. The number of Topliss-reactive ketones (excluding diaryl/α,β-unsaturated/α-hetero) is 1. The van der Waals surface area contributed by atoms with E-state index in [1.165, 1.54) is 11.9 Å². The van der Waals surface area contributed by atoms with E-state index in [0.717, 1.165) is 0 Å². The molecule has 0 bridgehead atoms. The molecule has 0 amide bonds. The molecular formula is C3H2NOS. The molecule has 0 saturated carbocycles. The number of rotatable bonds is 0. The highest BCUT2D eigenvalue weighted by Gasteiger charge is 2.02. The maximum Gasteiger partial charge on any atom is 0.195 e. The smallest absolute Gasteiger partial charge is 0.195 e. The lowest BCUT2D eigenvalue weighted by Crippen LogP contribution is -1.93. The lowest BCUT2D eigenvalue weighted by molar-refractivity contribution is -0.110. The monoisotopic (exact) mass is 100.0 g/mol. The minimum atomic E-state index is 0.000000000000000222. The Hall–Kier alpha value is -0.310. The van der Waals surface area contributed by atoms with Gasteiger partial charge in [0.15, 0.2) is 5.78 Å². The van der Waals surface area contributed by atoms with Crippen LogP contribution in [-0.2, 0) is 4.79 Å². The molecule has 1 aliphatic heterocycles. The first-order valence-electron chi connectivity index (χ1n) is 1.50. The first kappa shape index (κ1) is 3.87. The SMILES string of the molecule is O=C1[C]=NSC1. The third-order valence-corrected chi connectivity index (χ3v) is 1.04. The van der Waals surface area contributed by atoms with Gasteiger partial charge in [0.1, 0.15) is 6.21 Å².